The zero-order valence-electron chi connectivity index (χ0n) is 12.1. The van der Waals surface area contributed by atoms with E-state index in [1.807, 2.05) is 6.92 Å². The van der Waals surface area contributed by atoms with E-state index in [1.165, 1.54) is 11.8 Å². The highest BCUT2D eigenvalue weighted by molar-refractivity contribution is 7.98. The molecule has 7 heteroatoms. The third kappa shape index (κ3) is 3.47. The van der Waals surface area contributed by atoms with Gasteiger partial charge in [-0.15, -0.1) is 10.2 Å². The summed E-state index contributed by atoms with van der Waals surface area (Å²) in [6.45, 7) is 8.07. The number of hydrogen-bond acceptors (Lipinski definition) is 6. The van der Waals surface area contributed by atoms with Crippen LogP contribution in [0.2, 0.25) is 0 Å². The number of hydrogen-bond donors (Lipinski definition) is 1. The molecule has 2 rings (SSSR count). The molecule has 0 fully saturated rings. The molecule has 1 N–H and O–H groups in total. The highest BCUT2D eigenvalue weighted by Crippen LogP contribution is 2.25. The predicted octanol–water partition coefficient (Wildman–Crippen LogP) is 2.31. The van der Waals surface area contributed by atoms with Crippen molar-refractivity contribution in [2.45, 2.75) is 50.4 Å². The third-order valence-corrected chi connectivity index (χ3v) is 3.55. The van der Waals surface area contributed by atoms with Gasteiger partial charge in [-0.05, 0) is 6.42 Å². The van der Waals surface area contributed by atoms with Crippen LogP contribution in [0, 0.1) is 0 Å². The topological polar surface area (TPSA) is 84.7 Å². The lowest BCUT2D eigenvalue weighted by atomic mass is 9.94. The first-order chi connectivity index (χ1) is 9.40. The second kappa shape index (κ2) is 5.78. The van der Waals surface area contributed by atoms with Crippen LogP contribution in [-0.4, -0.2) is 20.2 Å². The Morgan fingerprint density at radius 3 is 2.65 bits per heavy atom. The molecule has 2 aromatic rings. The van der Waals surface area contributed by atoms with Crippen molar-refractivity contribution in [3.05, 3.63) is 33.9 Å². The minimum Gasteiger partial charge on any atom is -0.444 e. The van der Waals surface area contributed by atoms with E-state index < -0.39 is 0 Å². The summed E-state index contributed by atoms with van der Waals surface area (Å²) in [7, 11) is 0. The first-order valence-electron chi connectivity index (χ1n) is 6.44. The molecule has 6 nitrogen and oxygen atoms in total. The summed E-state index contributed by atoms with van der Waals surface area (Å²) in [5.41, 5.74) is 0.195. The lowest BCUT2D eigenvalue weighted by Crippen LogP contribution is -2.16. The number of nitrogens with zero attached hydrogens (tertiary/aromatic N) is 3. The summed E-state index contributed by atoms with van der Waals surface area (Å²) in [6.07, 6.45) is 2.31. The summed E-state index contributed by atoms with van der Waals surface area (Å²) in [4.78, 5) is 18.5. The largest absolute Gasteiger partial charge is 0.444 e. The van der Waals surface area contributed by atoms with Crippen LogP contribution in [0.4, 0.5) is 0 Å². The minimum atomic E-state index is -0.187. The maximum atomic E-state index is 11.6. The van der Waals surface area contributed by atoms with Crippen LogP contribution >= 0.6 is 11.8 Å². The number of H-pyrrole nitrogens is 1. The molecule has 2 aromatic heterocycles. The van der Waals surface area contributed by atoms with Gasteiger partial charge in [0.05, 0.1) is 11.9 Å². The highest BCUT2D eigenvalue weighted by atomic mass is 32.2. The maximum Gasteiger partial charge on any atom is 0.273 e. The molecule has 0 aliphatic carbocycles. The van der Waals surface area contributed by atoms with E-state index in [2.05, 4.69) is 40.9 Å². The summed E-state index contributed by atoms with van der Waals surface area (Å²) in [5.74, 6) is 1.96. The normalized spacial score (nSPS) is 11.8. The minimum absolute atomic E-state index is 0.0627. The van der Waals surface area contributed by atoms with E-state index in [0.29, 0.717) is 28.9 Å². The molecule has 0 radical (unpaired) electrons. The van der Waals surface area contributed by atoms with Crippen molar-refractivity contribution in [2.24, 2.45) is 0 Å². The second-order valence-electron chi connectivity index (χ2n) is 5.42. The van der Waals surface area contributed by atoms with Crippen molar-refractivity contribution in [1.82, 2.24) is 20.2 Å². The van der Waals surface area contributed by atoms with Gasteiger partial charge >= 0.3 is 0 Å². The lowest BCUT2D eigenvalue weighted by molar-refractivity contribution is 0.390. The van der Waals surface area contributed by atoms with Crippen LogP contribution in [-0.2, 0) is 17.6 Å². The fourth-order valence-electron chi connectivity index (χ4n) is 1.50. The number of rotatable bonds is 4. The average Bonchev–Trinajstić information content (AvgIpc) is 2.85. The Kier molecular flexibility index (Phi) is 4.27. The van der Waals surface area contributed by atoms with Gasteiger partial charge in [-0.1, -0.05) is 39.5 Å². The number of thioether (sulfide) groups is 1. The van der Waals surface area contributed by atoms with Gasteiger partial charge in [-0.3, -0.25) is 9.78 Å². The standard InChI is InChI=1S/C13H18N4O2S/c1-5-8-11(18)15-12(17-16-8)20-7-10-14-6-9(19-10)13(2,3)4/h6H,5,7H2,1-4H3,(H,15,17,18). The molecular weight excluding hydrogens is 276 g/mol. The second-order valence-corrected chi connectivity index (χ2v) is 6.38. The van der Waals surface area contributed by atoms with Gasteiger partial charge in [-0.2, -0.15) is 0 Å². The van der Waals surface area contributed by atoms with Crippen LogP contribution in [0.15, 0.2) is 20.6 Å². The van der Waals surface area contributed by atoms with Crippen molar-refractivity contribution >= 4 is 11.8 Å². The molecule has 0 saturated heterocycles. The van der Waals surface area contributed by atoms with E-state index >= 15 is 0 Å². The third-order valence-electron chi connectivity index (χ3n) is 2.70. The van der Waals surface area contributed by atoms with Gasteiger partial charge in [0.1, 0.15) is 11.5 Å². The number of oxazole rings is 1. The lowest BCUT2D eigenvalue weighted by Gasteiger charge is -2.12. The first kappa shape index (κ1) is 14.8. The van der Waals surface area contributed by atoms with Crippen LogP contribution in [0.3, 0.4) is 0 Å². The Morgan fingerprint density at radius 2 is 2.10 bits per heavy atom. The molecule has 0 aromatic carbocycles. The predicted molar refractivity (Wildman–Crippen MR) is 76.8 cm³/mol. The fraction of sp³-hybridized carbons (Fsp3) is 0.538. The SMILES string of the molecule is CCc1nnc(SCc2ncc(C(C)(C)C)o2)[nH]c1=O. The molecule has 0 aliphatic heterocycles. The van der Waals surface area contributed by atoms with Crippen LogP contribution in [0.5, 0.6) is 0 Å². The summed E-state index contributed by atoms with van der Waals surface area (Å²) in [6, 6.07) is 0. The molecule has 0 amide bonds. The first-order valence-corrected chi connectivity index (χ1v) is 7.42. The van der Waals surface area contributed by atoms with Gasteiger partial charge in [-0.25, -0.2) is 4.98 Å². The summed E-state index contributed by atoms with van der Waals surface area (Å²) in [5, 5.41) is 8.33. The Morgan fingerprint density at radius 1 is 1.35 bits per heavy atom. The van der Waals surface area contributed by atoms with E-state index in [9.17, 15) is 4.79 Å². The number of aromatic amines is 1. The molecule has 2 heterocycles. The van der Waals surface area contributed by atoms with Gasteiger partial charge in [0, 0.05) is 5.41 Å². The van der Waals surface area contributed by atoms with Gasteiger partial charge in [0.15, 0.2) is 5.16 Å². The number of aryl methyl sites for hydroxylation is 1. The maximum absolute atomic E-state index is 11.6. The number of nitrogens with one attached hydrogen (secondary N) is 1. The molecule has 0 unspecified atom stereocenters. The molecule has 0 bridgehead atoms. The van der Waals surface area contributed by atoms with Gasteiger partial charge < -0.3 is 4.42 Å². The monoisotopic (exact) mass is 294 g/mol. The Hall–Kier alpha value is -1.63. The molecule has 0 atom stereocenters. The Balaban J connectivity index is 2.04. The average molecular weight is 294 g/mol. The Bertz CT molecular complexity index is 642. The van der Waals surface area contributed by atoms with Crippen molar-refractivity contribution in [3.63, 3.8) is 0 Å². The molecule has 20 heavy (non-hydrogen) atoms. The van der Waals surface area contributed by atoms with E-state index in [4.69, 9.17) is 4.42 Å². The zero-order valence-corrected chi connectivity index (χ0v) is 12.9. The fourth-order valence-corrected chi connectivity index (χ4v) is 2.15. The van der Waals surface area contributed by atoms with Crippen LogP contribution in [0.25, 0.3) is 0 Å². The highest BCUT2D eigenvalue weighted by Gasteiger charge is 2.19. The van der Waals surface area contributed by atoms with Crippen molar-refractivity contribution < 1.29 is 4.42 Å². The zero-order chi connectivity index (χ0) is 14.8. The van der Waals surface area contributed by atoms with Crippen molar-refractivity contribution in [2.75, 3.05) is 0 Å². The molecule has 0 spiro atoms. The van der Waals surface area contributed by atoms with Crippen molar-refractivity contribution in [3.8, 4) is 0 Å². The number of aromatic nitrogens is 4. The summed E-state index contributed by atoms with van der Waals surface area (Å²) < 4.78 is 5.67. The summed E-state index contributed by atoms with van der Waals surface area (Å²) >= 11 is 1.35. The quantitative estimate of drug-likeness (QED) is 0.871. The Labute approximate surface area is 121 Å². The van der Waals surface area contributed by atoms with Crippen LogP contribution < -0.4 is 5.56 Å². The van der Waals surface area contributed by atoms with Crippen molar-refractivity contribution in [1.29, 1.82) is 0 Å². The smallest absolute Gasteiger partial charge is 0.273 e. The van der Waals surface area contributed by atoms with Gasteiger partial charge in [0.25, 0.3) is 5.56 Å². The van der Waals surface area contributed by atoms with E-state index in [0.717, 1.165) is 5.76 Å². The molecule has 0 saturated carbocycles. The van der Waals surface area contributed by atoms with Gasteiger partial charge in [0.2, 0.25) is 5.89 Å². The van der Waals surface area contributed by atoms with E-state index in [-0.39, 0.29) is 11.0 Å². The molecule has 0 aliphatic rings. The van der Waals surface area contributed by atoms with Crippen LogP contribution in [0.1, 0.15) is 45.0 Å². The molecular formula is C13H18N4O2S. The van der Waals surface area contributed by atoms with E-state index in [1.54, 1.807) is 6.20 Å². The molecule has 108 valence electrons.